The molecule has 0 radical (unpaired) electrons. The first kappa shape index (κ1) is 17.5. The summed E-state index contributed by atoms with van der Waals surface area (Å²) in [4.78, 5) is 27.1. The highest BCUT2D eigenvalue weighted by Crippen LogP contribution is 2.28. The van der Waals surface area contributed by atoms with Crippen molar-refractivity contribution in [2.75, 3.05) is 26.2 Å². The van der Waals surface area contributed by atoms with Gasteiger partial charge in [-0.1, -0.05) is 0 Å². The van der Waals surface area contributed by atoms with Crippen LogP contribution < -0.4 is 5.56 Å². The smallest absolute Gasteiger partial charge is 0.332 e. The Bertz CT molecular complexity index is 770. The first-order valence-corrected chi connectivity index (χ1v) is 9.00. The molecule has 3 aliphatic rings. The summed E-state index contributed by atoms with van der Waals surface area (Å²) in [6.45, 7) is 0.697. The standard InChI is InChI=1S/C17H21F3N4O2/c18-17(19,20)10-22-5-4-14(16(22)26)23-7-11(8-23)9-24-15(25)6-12-2-1-3-13(12)21-24/h6,11,14H,1-5,7-10H2. The molecule has 142 valence electrons. The minimum absolute atomic E-state index is 0.0996. The zero-order valence-corrected chi connectivity index (χ0v) is 14.3. The Labute approximate surface area is 148 Å². The van der Waals surface area contributed by atoms with Crippen LogP contribution in [0.2, 0.25) is 0 Å². The predicted octanol–water partition coefficient (Wildman–Crippen LogP) is 0.827. The van der Waals surface area contributed by atoms with E-state index in [1.807, 2.05) is 4.90 Å². The molecular formula is C17H21F3N4O2. The zero-order chi connectivity index (χ0) is 18.5. The minimum atomic E-state index is -4.36. The zero-order valence-electron chi connectivity index (χ0n) is 14.3. The average molecular weight is 370 g/mol. The van der Waals surface area contributed by atoms with Crippen LogP contribution in [-0.2, 0) is 24.2 Å². The number of rotatable bonds is 4. The molecule has 2 aliphatic heterocycles. The second-order valence-corrected chi connectivity index (χ2v) is 7.49. The number of aryl methyl sites for hydroxylation is 2. The summed E-state index contributed by atoms with van der Waals surface area (Å²) in [6, 6.07) is 1.21. The molecule has 0 saturated carbocycles. The molecule has 1 amide bonds. The molecule has 6 nitrogen and oxygen atoms in total. The first-order valence-electron chi connectivity index (χ1n) is 9.00. The highest BCUT2D eigenvalue weighted by atomic mass is 19.4. The number of carbonyl (C=O) groups is 1. The SMILES string of the molecule is O=C1C(N2CC(Cn3nc4c(cc3=O)CCC4)C2)CCN1CC(F)(F)F. The van der Waals surface area contributed by atoms with Crippen molar-refractivity contribution < 1.29 is 18.0 Å². The van der Waals surface area contributed by atoms with Gasteiger partial charge in [-0.3, -0.25) is 14.5 Å². The van der Waals surface area contributed by atoms with Gasteiger partial charge in [-0.25, -0.2) is 4.68 Å². The quantitative estimate of drug-likeness (QED) is 0.788. The van der Waals surface area contributed by atoms with Crippen LogP contribution in [0.1, 0.15) is 24.1 Å². The van der Waals surface area contributed by atoms with Crippen LogP contribution in [0.4, 0.5) is 13.2 Å². The lowest BCUT2D eigenvalue weighted by Gasteiger charge is -2.42. The van der Waals surface area contributed by atoms with E-state index in [1.165, 1.54) is 4.68 Å². The van der Waals surface area contributed by atoms with Crippen molar-refractivity contribution in [3.8, 4) is 0 Å². The van der Waals surface area contributed by atoms with Crippen LogP contribution in [0.15, 0.2) is 10.9 Å². The number of amides is 1. The van der Waals surface area contributed by atoms with Crippen LogP contribution in [0.3, 0.4) is 0 Å². The fourth-order valence-electron chi connectivity index (χ4n) is 4.23. The van der Waals surface area contributed by atoms with Gasteiger partial charge in [0.15, 0.2) is 0 Å². The number of carbonyl (C=O) groups excluding carboxylic acids is 1. The summed E-state index contributed by atoms with van der Waals surface area (Å²) in [7, 11) is 0. The molecule has 2 fully saturated rings. The van der Waals surface area contributed by atoms with Crippen molar-refractivity contribution >= 4 is 5.91 Å². The van der Waals surface area contributed by atoms with Crippen LogP contribution in [-0.4, -0.2) is 63.9 Å². The Hall–Kier alpha value is -1.90. The molecule has 4 rings (SSSR count). The Morgan fingerprint density at radius 1 is 1.19 bits per heavy atom. The summed E-state index contributed by atoms with van der Waals surface area (Å²) in [5.74, 6) is -0.238. The van der Waals surface area contributed by atoms with E-state index in [4.69, 9.17) is 0 Å². The fourth-order valence-corrected chi connectivity index (χ4v) is 4.23. The van der Waals surface area contributed by atoms with Gasteiger partial charge in [-0.15, -0.1) is 0 Å². The van der Waals surface area contributed by atoms with Crippen LogP contribution in [0.5, 0.6) is 0 Å². The van der Waals surface area contributed by atoms with Gasteiger partial charge in [0.05, 0.1) is 18.3 Å². The summed E-state index contributed by atoms with van der Waals surface area (Å²) in [5, 5.41) is 4.45. The lowest BCUT2D eigenvalue weighted by Crippen LogP contribution is -2.56. The van der Waals surface area contributed by atoms with Gasteiger partial charge in [0.1, 0.15) is 6.54 Å². The lowest BCUT2D eigenvalue weighted by atomic mass is 9.97. The number of nitrogens with zero attached hydrogens (tertiary/aromatic N) is 4. The largest absolute Gasteiger partial charge is 0.406 e. The van der Waals surface area contributed by atoms with E-state index >= 15 is 0 Å². The highest BCUT2D eigenvalue weighted by molar-refractivity contribution is 5.84. The maximum atomic E-state index is 12.5. The topological polar surface area (TPSA) is 58.4 Å². The van der Waals surface area contributed by atoms with Gasteiger partial charge in [0.2, 0.25) is 5.91 Å². The first-order chi connectivity index (χ1) is 12.3. The number of likely N-dealkylation sites (tertiary alicyclic amines) is 2. The predicted molar refractivity (Wildman–Crippen MR) is 86.6 cm³/mol. The molecular weight excluding hydrogens is 349 g/mol. The van der Waals surface area contributed by atoms with E-state index in [0.29, 0.717) is 26.1 Å². The summed E-state index contributed by atoms with van der Waals surface area (Å²) in [6.07, 6.45) is -1.09. The van der Waals surface area contributed by atoms with E-state index in [2.05, 4.69) is 5.10 Å². The normalized spacial score (nSPS) is 24.2. The van der Waals surface area contributed by atoms with Gasteiger partial charge < -0.3 is 4.90 Å². The Morgan fingerprint density at radius 2 is 1.96 bits per heavy atom. The average Bonchev–Trinajstić information content (AvgIpc) is 3.09. The molecule has 1 unspecified atom stereocenters. The third kappa shape index (κ3) is 3.36. The lowest BCUT2D eigenvalue weighted by molar-refractivity contribution is -0.160. The van der Waals surface area contributed by atoms with Crippen molar-refractivity contribution in [1.29, 1.82) is 0 Å². The molecule has 3 heterocycles. The molecule has 26 heavy (non-hydrogen) atoms. The molecule has 1 aliphatic carbocycles. The van der Waals surface area contributed by atoms with Crippen LogP contribution in [0, 0.1) is 5.92 Å². The number of halogens is 3. The minimum Gasteiger partial charge on any atom is -0.332 e. The monoisotopic (exact) mass is 370 g/mol. The number of alkyl halides is 3. The van der Waals surface area contributed by atoms with Gasteiger partial charge in [-0.05, 0) is 31.2 Å². The molecule has 0 aromatic carbocycles. The maximum Gasteiger partial charge on any atom is 0.406 e. The number of aromatic nitrogens is 2. The van der Waals surface area contributed by atoms with E-state index in [-0.39, 0.29) is 18.0 Å². The Morgan fingerprint density at radius 3 is 2.69 bits per heavy atom. The summed E-state index contributed by atoms with van der Waals surface area (Å²) >= 11 is 0. The molecule has 0 N–H and O–H groups in total. The second kappa shape index (κ2) is 6.37. The molecule has 9 heteroatoms. The van der Waals surface area contributed by atoms with Gasteiger partial charge in [0.25, 0.3) is 5.56 Å². The molecule has 1 atom stereocenters. The van der Waals surface area contributed by atoms with Crippen LogP contribution in [0.25, 0.3) is 0 Å². The number of hydrogen-bond acceptors (Lipinski definition) is 4. The maximum absolute atomic E-state index is 12.5. The van der Waals surface area contributed by atoms with Gasteiger partial charge in [-0.2, -0.15) is 18.3 Å². The van der Waals surface area contributed by atoms with Crippen molar-refractivity contribution in [3.05, 3.63) is 27.7 Å². The highest BCUT2D eigenvalue weighted by Gasteiger charge is 2.44. The van der Waals surface area contributed by atoms with Crippen molar-refractivity contribution in [2.24, 2.45) is 5.92 Å². The van der Waals surface area contributed by atoms with Crippen molar-refractivity contribution in [2.45, 2.75) is 44.4 Å². The Balaban J connectivity index is 1.32. The molecule has 1 aromatic heterocycles. The number of hydrogen-bond donors (Lipinski definition) is 0. The Kier molecular flexibility index (Phi) is 4.29. The van der Waals surface area contributed by atoms with E-state index < -0.39 is 24.7 Å². The second-order valence-electron chi connectivity index (χ2n) is 7.49. The van der Waals surface area contributed by atoms with Gasteiger partial charge in [0, 0.05) is 31.6 Å². The van der Waals surface area contributed by atoms with Crippen molar-refractivity contribution in [1.82, 2.24) is 19.6 Å². The summed E-state index contributed by atoms with van der Waals surface area (Å²) < 4.78 is 39.0. The third-order valence-electron chi connectivity index (χ3n) is 5.52. The molecule has 0 spiro atoms. The van der Waals surface area contributed by atoms with Crippen molar-refractivity contribution in [3.63, 3.8) is 0 Å². The molecule has 0 bridgehead atoms. The van der Waals surface area contributed by atoms with Gasteiger partial charge >= 0.3 is 6.18 Å². The van der Waals surface area contributed by atoms with E-state index in [0.717, 1.165) is 35.4 Å². The fraction of sp³-hybridized carbons (Fsp3) is 0.706. The molecule has 1 aromatic rings. The van der Waals surface area contributed by atoms with Crippen LogP contribution >= 0.6 is 0 Å². The summed E-state index contributed by atoms with van der Waals surface area (Å²) in [5.41, 5.74) is 1.94. The van der Waals surface area contributed by atoms with E-state index in [1.54, 1.807) is 6.07 Å². The third-order valence-corrected chi connectivity index (χ3v) is 5.52. The number of fused-ring (bicyclic) bond motifs is 1. The molecule has 2 saturated heterocycles. The van der Waals surface area contributed by atoms with E-state index in [9.17, 15) is 22.8 Å².